The number of aryl methyl sites for hydroxylation is 1. The van der Waals surface area contributed by atoms with Gasteiger partial charge in [0, 0.05) is 11.6 Å². The fourth-order valence-corrected chi connectivity index (χ4v) is 4.72. The Morgan fingerprint density at radius 3 is 2.53 bits per heavy atom. The van der Waals surface area contributed by atoms with Gasteiger partial charge in [-0.05, 0) is 75.4 Å². The van der Waals surface area contributed by atoms with Crippen LogP contribution in [0.5, 0.6) is 5.75 Å². The zero-order valence-electron chi connectivity index (χ0n) is 17.1. The van der Waals surface area contributed by atoms with Crippen LogP contribution in [0.2, 0.25) is 0 Å². The number of benzene rings is 2. The van der Waals surface area contributed by atoms with Crippen molar-refractivity contribution in [3.63, 3.8) is 0 Å². The summed E-state index contributed by atoms with van der Waals surface area (Å²) in [5, 5.41) is 5.47. The van der Waals surface area contributed by atoms with Crippen LogP contribution in [0.15, 0.2) is 71.8 Å². The average Bonchev–Trinajstić information content (AvgIpc) is 3.06. The van der Waals surface area contributed by atoms with Gasteiger partial charge in [-0.15, -0.1) is 0 Å². The average molecular weight is 422 g/mol. The summed E-state index contributed by atoms with van der Waals surface area (Å²) in [7, 11) is -3.56. The molecule has 0 radical (unpaired) electrons. The maximum absolute atomic E-state index is 13.1. The molecule has 154 valence electrons. The fourth-order valence-electron chi connectivity index (χ4n) is 3.41. The molecule has 0 saturated heterocycles. The molecule has 0 aliphatic carbocycles. The van der Waals surface area contributed by atoms with Crippen LogP contribution < -0.4 is 4.74 Å². The maximum Gasteiger partial charge on any atom is 0.184 e. The number of fused-ring (bicyclic) bond motifs is 1. The third-order valence-corrected chi connectivity index (χ3v) is 6.31. The van der Waals surface area contributed by atoms with Gasteiger partial charge in [0.2, 0.25) is 0 Å². The van der Waals surface area contributed by atoms with Crippen LogP contribution in [0.1, 0.15) is 25.2 Å². The van der Waals surface area contributed by atoms with E-state index in [2.05, 4.69) is 10.1 Å². The SMILES string of the molecule is Cc1cc(CS(=O)(=O)c2ccc(OC(C)C)cc2)n(-c2cccc3ncccc23)n1. The van der Waals surface area contributed by atoms with E-state index in [0.717, 1.165) is 22.3 Å². The van der Waals surface area contributed by atoms with Crippen LogP contribution in [-0.4, -0.2) is 29.3 Å². The Balaban J connectivity index is 1.71. The molecule has 0 aliphatic rings. The molecule has 0 bridgehead atoms. The number of aromatic nitrogens is 3. The molecule has 6 nitrogen and oxygen atoms in total. The van der Waals surface area contributed by atoms with Gasteiger partial charge in [-0.2, -0.15) is 5.10 Å². The molecule has 2 aromatic carbocycles. The largest absolute Gasteiger partial charge is 0.491 e. The van der Waals surface area contributed by atoms with Gasteiger partial charge in [-0.25, -0.2) is 13.1 Å². The Bertz CT molecular complexity index is 1290. The van der Waals surface area contributed by atoms with Crippen molar-refractivity contribution in [1.82, 2.24) is 14.8 Å². The third-order valence-electron chi connectivity index (χ3n) is 4.65. The quantitative estimate of drug-likeness (QED) is 0.459. The van der Waals surface area contributed by atoms with Gasteiger partial charge in [0.1, 0.15) is 5.75 Å². The molecule has 7 heteroatoms. The molecule has 0 atom stereocenters. The van der Waals surface area contributed by atoms with Crippen LogP contribution in [0.25, 0.3) is 16.6 Å². The number of ether oxygens (including phenoxy) is 1. The van der Waals surface area contributed by atoms with Crippen LogP contribution >= 0.6 is 0 Å². The molecular weight excluding hydrogens is 398 g/mol. The van der Waals surface area contributed by atoms with Crippen LogP contribution in [0.3, 0.4) is 0 Å². The van der Waals surface area contributed by atoms with Crippen LogP contribution in [-0.2, 0) is 15.6 Å². The zero-order valence-corrected chi connectivity index (χ0v) is 17.9. The van der Waals surface area contributed by atoms with E-state index < -0.39 is 9.84 Å². The molecule has 2 aromatic heterocycles. The standard InChI is InChI=1S/C23H23N3O3S/c1-16(2)29-19-9-11-20(12-10-19)30(27,28)15-18-14-17(3)25-26(18)23-8-4-7-22-21(23)6-5-13-24-22/h4-14,16H,15H2,1-3H3. The summed E-state index contributed by atoms with van der Waals surface area (Å²) in [4.78, 5) is 4.64. The fraction of sp³-hybridized carbons (Fsp3) is 0.217. The summed E-state index contributed by atoms with van der Waals surface area (Å²) >= 11 is 0. The molecule has 30 heavy (non-hydrogen) atoms. The van der Waals surface area contributed by atoms with E-state index in [9.17, 15) is 8.42 Å². The molecular formula is C23H23N3O3S. The Labute approximate surface area is 176 Å². The minimum absolute atomic E-state index is 0.0277. The summed E-state index contributed by atoms with van der Waals surface area (Å²) in [6, 6.07) is 17.9. The van der Waals surface area contributed by atoms with Gasteiger partial charge in [0.05, 0.1) is 39.3 Å². The Morgan fingerprint density at radius 2 is 1.80 bits per heavy atom. The highest BCUT2D eigenvalue weighted by molar-refractivity contribution is 7.90. The van der Waals surface area contributed by atoms with Crippen LogP contribution in [0, 0.1) is 6.92 Å². The number of nitrogens with zero attached hydrogens (tertiary/aromatic N) is 3. The lowest BCUT2D eigenvalue weighted by Gasteiger charge is -2.12. The van der Waals surface area contributed by atoms with Crippen molar-refractivity contribution in [1.29, 1.82) is 0 Å². The van der Waals surface area contributed by atoms with Crippen molar-refractivity contribution >= 4 is 20.7 Å². The summed E-state index contributed by atoms with van der Waals surface area (Å²) in [6.45, 7) is 5.71. The van der Waals surface area contributed by atoms with Gasteiger partial charge < -0.3 is 4.74 Å². The Kier molecular flexibility index (Phi) is 5.30. The molecule has 0 spiro atoms. The molecule has 0 aliphatic heterocycles. The highest BCUT2D eigenvalue weighted by Crippen LogP contribution is 2.25. The van der Waals surface area contributed by atoms with E-state index in [1.807, 2.05) is 57.2 Å². The predicted octanol–water partition coefficient (Wildman–Crippen LogP) is 4.49. The van der Waals surface area contributed by atoms with E-state index in [1.54, 1.807) is 35.1 Å². The Hall–Kier alpha value is -3.19. The second-order valence-corrected chi connectivity index (χ2v) is 9.42. The number of rotatable bonds is 6. The maximum atomic E-state index is 13.1. The third kappa shape index (κ3) is 4.07. The van der Waals surface area contributed by atoms with Gasteiger partial charge in [-0.3, -0.25) is 4.98 Å². The van der Waals surface area contributed by atoms with Gasteiger partial charge in [0.15, 0.2) is 9.84 Å². The van der Waals surface area contributed by atoms with Gasteiger partial charge >= 0.3 is 0 Å². The van der Waals surface area contributed by atoms with Crippen molar-refractivity contribution in [2.75, 3.05) is 0 Å². The molecule has 2 heterocycles. The summed E-state index contributed by atoms with van der Waals surface area (Å²) in [6.07, 6.45) is 1.76. The second kappa shape index (κ2) is 7.91. The highest BCUT2D eigenvalue weighted by atomic mass is 32.2. The monoisotopic (exact) mass is 421 g/mol. The van der Waals surface area contributed by atoms with Crippen molar-refractivity contribution in [3.8, 4) is 11.4 Å². The van der Waals surface area contributed by atoms with Crippen molar-refractivity contribution < 1.29 is 13.2 Å². The first kappa shape index (κ1) is 20.1. The minimum atomic E-state index is -3.56. The van der Waals surface area contributed by atoms with Crippen molar-refractivity contribution in [3.05, 3.63) is 78.2 Å². The molecule has 4 rings (SSSR count). The lowest BCUT2D eigenvalue weighted by Crippen LogP contribution is -2.11. The first-order chi connectivity index (χ1) is 14.3. The number of hydrogen-bond acceptors (Lipinski definition) is 5. The van der Waals surface area contributed by atoms with Crippen molar-refractivity contribution in [2.45, 2.75) is 37.5 Å². The molecule has 0 unspecified atom stereocenters. The molecule has 0 saturated carbocycles. The minimum Gasteiger partial charge on any atom is -0.491 e. The van der Waals surface area contributed by atoms with E-state index in [-0.39, 0.29) is 16.8 Å². The topological polar surface area (TPSA) is 74.1 Å². The first-order valence-corrected chi connectivity index (χ1v) is 11.4. The Morgan fingerprint density at radius 1 is 1.03 bits per heavy atom. The van der Waals surface area contributed by atoms with Gasteiger partial charge in [-0.1, -0.05) is 6.07 Å². The smallest absolute Gasteiger partial charge is 0.184 e. The summed E-state index contributed by atoms with van der Waals surface area (Å²) in [5.41, 5.74) is 2.99. The predicted molar refractivity (Wildman–Crippen MR) is 117 cm³/mol. The summed E-state index contributed by atoms with van der Waals surface area (Å²) < 4.78 is 33.5. The van der Waals surface area contributed by atoms with E-state index in [4.69, 9.17) is 4.74 Å². The normalized spacial score (nSPS) is 11.9. The van der Waals surface area contributed by atoms with E-state index in [1.165, 1.54) is 0 Å². The molecule has 4 aromatic rings. The van der Waals surface area contributed by atoms with Crippen molar-refractivity contribution in [2.24, 2.45) is 0 Å². The zero-order chi connectivity index (χ0) is 21.3. The summed E-state index contributed by atoms with van der Waals surface area (Å²) in [5.74, 6) is 0.489. The van der Waals surface area contributed by atoms with Gasteiger partial charge in [0.25, 0.3) is 0 Å². The number of hydrogen-bond donors (Lipinski definition) is 0. The van der Waals surface area contributed by atoms with Crippen LogP contribution in [0.4, 0.5) is 0 Å². The number of sulfone groups is 1. The number of pyridine rings is 1. The first-order valence-electron chi connectivity index (χ1n) is 9.72. The second-order valence-electron chi connectivity index (χ2n) is 7.43. The van der Waals surface area contributed by atoms with E-state index in [0.29, 0.717) is 11.4 Å². The molecule has 0 N–H and O–H groups in total. The highest BCUT2D eigenvalue weighted by Gasteiger charge is 2.20. The van der Waals surface area contributed by atoms with E-state index >= 15 is 0 Å². The molecule has 0 fully saturated rings. The lowest BCUT2D eigenvalue weighted by atomic mass is 10.2. The molecule has 0 amide bonds. The lowest BCUT2D eigenvalue weighted by molar-refractivity contribution is 0.242.